The van der Waals surface area contributed by atoms with Crippen LogP contribution in [0.1, 0.15) is 10.4 Å². The highest BCUT2D eigenvalue weighted by atomic mass is 19.4. The first-order chi connectivity index (χ1) is 6.81. The minimum Gasteiger partial charge on any atom is -0.477 e. The smallest absolute Gasteiger partial charge is 0.477 e. The Labute approximate surface area is 81.3 Å². The molecular weight excluding hydrogens is 217 g/mol. The summed E-state index contributed by atoms with van der Waals surface area (Å²) >= 11 is 0. The minimum absolute atomic E-state index is 0.350. The number of nitrogens with zero attached hydrogens (tertiary/aromatic N) is 1. The number of alkyl halides is 3. The van der Waals surface area contributed by atoms with Crippen LogP contribution in [-0.2, 0) is 0 Å². The maximum Gasteiger partial charge on any atom is 0.574 e. The molecule has 0 amide bonds. The van der Waals surface area contributed by atoms with E-state index in [1.807, 2.05) is 0 Å². The summed E-state index contributed by atoms with van der Waals surface area (Å²) in [6.07, 6.45) is -4.09. The molecule has 0 aromatic carbocycles. The number of ether oxygens (including phenoxy) is 1. The first kappa shape index (κ1) is 11.1. The van der Waals surface area contributed by atoms with Gasteiger partial charge < -0.3 is 15.6 Å². The van der Waals surface area contributed by atoms with Gasteiger partial charge in [-0.05, 0) is 6.07 Å². The van der Waals surface area contributed by atoms with Crippen molar-refractivity contribution in [2.75, 3.05) is 5.73 Å². The number of carbonyl (C=O) groups is 1. The lowest BCUT2D eigenvalue weighted by molar-refractivity contribution is -0.276. The zero-order valence-electron chi connectivity index (χ0n) is 7.08. The van der Waals surface area contributed by atoms with Gasteiger partial charge in [0.2, 0.25) is 5.88 Å². The molecule has 15 heavy (non-hydrogen) atoms. The van der Waals surface area contributed by atoms with Crippen LogP contribution >= 0.6 is 0 Å². The molecule has 3 N–H and O–H groups in total. The van der Waals surface area contributed by atoms with Crippen LogP contribution in [0.2, 0.25) is 0 Å². The van der Waals surface area contributed by atoms with Crippen LogP contribution in [0.4, 0.5) is 18.9 Å². The third-order valence-electron chi connectivity index (χ3n) is 1.37. The molecule has 0 spiro atoms. The molecule has 0 atom stereocenters. The van der Waals surface area contributed by atoms with E-state index in [1.54, 1.807) is 0 Å². The highest BCUT2D eigenvalue weighted by molar-refractivity contribution is 5.95. The summed E-state index contributed by atoms with van der Waals surface area (Å²) in [4.78, 5) is 13.7. The molecule has 8 heteroatoms. The van der Waals surface area contributed by atoms with E-state index in [0.717, 1.165) is 12.3 Å². The third-order valence-corrected chi connectivity index (χ3v) is 1.37. The molecule has 0 unspecified atom stereocenters. The van der Waals surface area contributed by atoms with Gasteiger partial charge in [-0.1, -0.05) is 0 Å². The van der Waals surface area contributed by atoms with Crippen LogP contribution < -0.4 is 10.5 Å². The van der Waals surface area contributed by atoms with E-state index >= 15 is 0 Å². The average Bonchev–Trinajstić information content (AvgIpc) is 1.99. The zero-order chi connectivity index (χ0) is 11.6. The van der Waals surface area contributed by atoms with Crippen LogP contribution in [0.3, 0.4) is 0 Å². The SMILES string of the molecule is Nc1ccnc(OC(F)(F)F)c1C(=O)O. The number of carboxylic acid groups (broad SMARTS) is 1. The number of aromatic carboxylic acids is 1. The summed E-state index contributed by atoms with van der Waals surface area (Å²) < 4.78 is 38.9. The van der Waals surface area contributed by atoms with Crippen molar-refractivity contribution in [3.05, 3.63) is 17.8 Å². The quantitative estimate of drug-likeness (QED) is 0.786. The Hall–Kier alpha value is -1.99. The summed E-state index contributed by atoms with van der Waals surface area (Å²) in [6.45, 7) is 0. The topological polar surface area (TPSA) is 85.4 Å². The van der Waals surface area contributed by atoms with Crippen LogP contribution in [0.15, 0.2) is 12.3 Å². The van der Waals surface area contributed by atoms with Crippen LogP contribution in [0, 0.1) is 0 Å². The van der Waals surface area contributed by atoms with E-state index in [1.165, 1.54) is 0 Å². The predicted molar refractivity (Wildman–Crippen MR) is 42.3 cm³/mol. The van der Waals surface area contributed by atoms with Crippen LogP contribution in [-0.4, -0.2) is 22.4 Å². The summed E-state index contributed by atoms with van der Waals surface area (Å²) in [5.74, 6) is -2.71. The molecule has 0 saturated carbocycles. The van der Waals surface area contributed by atoms with Gasteiger partial charge in [-0.2, -0.15) is 0 Å². The third kappa shape index (κ3) is 2.73. The van der Waals surface area contributed by atoms with Gasteiger partial charge in [0.15, 0.2) is 0 Å². The summed E-state index contributed by atoms with van der Waals surface area (Å²) in [7, 11) is 0. The lowest BCUT2D eigenvalue weighted by atomic mass is 10.2. The number of halogens is 3. The molecule has 0 bridgehead atoms. The summed E-state index contributed by atoms with van der Waals surface area (Å²) in [6, 6.07) is 1.06. The fourth-order valence-electron chi connectivity index (χ4n) is 0.859. The molecule has 82 valence electrons. The standard InChI is InChI=1S/C7H5F3N2O3/c8-7(9,10)15-5-4(6(13)14)3(11)1-2-12-5/h1-2H,(H2,11,12)(H,13,14). The second kappa shape index (κ2) is 3.64. The molecule has 1 aromatic rings. The number of rotatable bonds is 2. The Morgan fingerprint density at radius 2 is 2.13 bits per heavy atom. The highest BCUT2D eigenvalue weighted by Crippen LogP contribution is 2.27. The van der Waals surface area contributed by atoms with Crippen LogP contribution in [0.25, 0.3) is 0 Å². The molecular formula is C7H5F3N2O3. The first-order valence-corrected chi connectivity index (χ1v) is 3.55. The Bertz CT molecular complexity index is 392. The van der Waals surface area contributed by atoms with Crippen molar-refractivity contribution in [3.8, 4) is 5.88 Å². The normalized spacial score (nSPS) is 11.1. The van der Waals surface area contributed by atoms with Gasteiger partial charge >= 0.3 is 12.3 Å². The molecule has 5 nitrogen and oxygen atoms in total. The summed E-state index contributed by atoms with van der Waals surface area (Å²) in [5, 5.41) is 8.58. The number of nitrogen functional groups attached to an aromatic ring is 1. The van der Waals surface area contributed by atoms with Gasteiger partial charge in [-0.15, -0.1) is 13.2 Å². The number of pyridine rings is 1. The Morgan fingerprint density at radius 1 is 1.53 bits per heavy atom. The minimum atomic E-state index is -5.01. The largest absolute Gasteiger partial charge is 0.574 e. The van der Waals surface area contributed by atoms with E-state index in [-0.39, 0.29) is 5.69 Å². The number of carboxylic acids is 1. The molecule has 1 rings (SSSR count). The molecule has 0 radical (unpaired) electrons. The van der Waals surface area contributed by atoms with Crippen molar-refractivity contribution >= 4 is 11.7 Å². The number of nitrogens with two attached hydrogens (primary N) is 1. The molecule has 1 heterocycles. The Balaban J connectivity index is 3.18. The highest BCUT2D eigenvalue weighted by Gasteiger charge is 2.34. The van der Waals surface area contributed by atoms with Gasteiger partial charge in [-0.25, -0.2) is 9.78 Å². The number of anilines is 1. The average molecular weight is 222 g/mol. The van der Waals surface area contributed by atoms with E-state index in [2.05, 4.69) is 9.72 Å². The van der Waals surface area contributed by atoms with Crippen molar-refractivity contribution in [2.45, 2.75) is 6.36 Å². The fourth-order valence-corrected chi connectivity index (χ4v) is 0.859. The number of hydrogen-bond acceptors (Lipinski definition) is 4. The molecule has 0 fully saturated rings. The van der Waals surface area contributed by atoms with Gasteiger partial charge in [0.25, 0.3) is 0 Å². The Kier molecular flexibility index (Phi) is 2.69. The zero-order valence-corrected chi connectivity index (χ0v) is 7.08. The van der Waals surface area contributed by atoms with Crippen molar-refractivity contribution < 1.29 is 27.8 Å². The Morgan fingerprint density at radius 3 is 2.60 bits per heavy atom. The monoisotopic (exact) mass is 222 g/mol. The van der Waals surface area contributed by atoms with Crippen molar-refractivity contribution in [1.82, 2.24) is 4.98 Å². The van der Waals surface area contributed by atoms with E-state index < -0.39 is 23.8 Å². The van der Waals surface area contributed by atoms with Gasteiger partial charge in [-0.3, -0.25) is 0 Å². The second-order valence-electron chi connectivity index (χ2n) is 2.43. The molecule has 0 saturated heterocycles. The maximum absolute atomic E-state index is 11.8. The van der Waals surface area contributed by atoms with Gasteiger partial charge in [0.05, 0.1) is 5.69 Å². The predicted octanol–water partition coefficient (Wildman–Crippen LogP) is 1.26. The van der Waals surface area contributed by atoms with Gasteiger partial charge in [0, 0.05) is 6.20 Å². The lowest BCUT2D eigenvalue weighted by Crippen LogP contribution is -2.20. The fraction of sp³-hybridized carbons (Fsp3) is 0.143. The lowest BCUT2D eigenvalue weighted by Gasteiger charge is -2.10. The molecule has 0 aliphatic carbocycles. The van der Waals surface area contributed by atoms with Crippen LogP contribution in [0.5, 0.6) is 5.88 Å². The van der Waals surface area contributed by atoms with Crippen molar-refractivity contribution in [1.29, 1.82) is 0 Å². The van der Waals surface area contributed by atoms with E-state index in [0.29, 0.717) is 0 Å². The number of hydrogen-bond donors (Lipinski definition) is 2. The van der Waals surface area contributed by atoms with Gasteiger partial charge in [0.1, 0.15) is 5.56 Å². The molecule has 1 aromatic heterocycles. The second-order valence-corrected chi connectivity index (χ2v) is 2.43. The van der Waals surface area contributed by atoms with Crippen molar-refractivity contribution in [2.24, 2.45) is 0 Å². The maximum atomic E-state index is 11.8. The van der Waals surface area contributed by atoms with Crippen molar-refractivity contribution in [3.63, 3.8) is 0 Å². The van der Waals surface area contributed by atoms with E-state index in [9.17, 15) is 18.0 Å². The molecule has 0 aliphatic rings. The van der Waals surface area contributed by atoms with E-state index in [4.69, 9.17) is 10.8 Å². The molecule has 0 aliphatic heterocycles. The summed E-state index contributed by atoms with van der Waals surface area (Å²) in [5.41, 5.74) is 4.01. The number of aromatic nitrogens is 1. The first-order valence-electron chi connectivity index (χ1n) is 3.55.